The normalized spacial score (nSPS) is 10.8. The molecule has 0 fully saturated rings. The molecule has 2 aromatic rings. The molecular formula is C18H17NO5. The first-order chi connectivity index (χ1) is 11.7. The number of methoxy groups -OCH3 is 2. The summed E-state index contributed by atoms with van der Waals surface area (Å²) in [7, 11) is 2.73. The van der Waals surface area contributed by atoms with E-state index in [2.05, 4.69) is 4.98 Å². The summed E-state index contributed by atoms with van der Waals surface area (Å²) in [6.07, 6.45) is 4.30. The van der Waals surface area contributed by atoms with Gasteiger partial charge in [-0.25, -0.2) is 9.59 Å². The highest BCUT2D eigenvalue weighted by molar-refractivity contribution is 6.16. The number of ether oxygens (including phenoxy) is 3. The standard InChI is InChI=1S/C18H17NO5/c1-22-12-16(18(21)23-2)15-8-4-3-6-14(15)11-24-17(20)13-7-5-9-19-10-13/h3-10,12H,11H2,1-2H3. The Morgan fingerprint density at radius 2 is 1.92 bits per heavy atom. The lowest BCUT2D eigenvalue weighted by Gasteiger charge is -2.12. The molecule has 0 N–H and O–H groups in total. The van der Waals surface area contributed by atoms with E-state index in [0.717, 1.165) is 0 Å². The van der Waals surface area contributed by atoms with E-state index in [0.29, 0.717) is 16.7 Å². The average molecular weight is 327 g/mol. The number of carbonyl (C=O) groups is 2. The van der Waals surface area contributed by atoms with Crippen LogP contribution in [0.5, 0.6) is 0 Å². The molecule has 0 spiro atoms. The van der Waals surface area contributed by atoms with Crippen molar-refractivity contribution in [2.75, 3.05) is 14.2 Å². The molecule has 0 aliphatic rings. The quantitative estimate of drug-likeness (QED) is 0.461. The number of hydrogen-bond acceptors (Lipinski definition) is 6. The Morgan fingerprint density at radius 3 is 2.58 bits per heavy atom. The minimum atomic E-state index is -0.539. The predicted molar refractivity (Wildman–Crippen MR) is 86.8 cm³/mol. The van der Waals surface area contributed by atoms with Gasteiger partial charge in [-0.15, -0.1) is 0 Å². The fourth-order valence-electron chi connectivity index (χ4n) is 2.07. The lowest BCUT2D eigenvalue weighted by molar-refractivity contribution is -0.133. The van der Waals surface area contributed by atoms with Crippen LogP contribution in [-0.4, -0.2) is 31.1 Å². The molecule has 0 saturated carbocycles. The van der Waals surface area contributed by atoms with Crippen LogP contribution in [0.25, 0.3) is 5.57 Å². The molecule has 6 nitrogen and oxygen atoms in total. The molecule has 0 amide bonds. The molecule has 2 rings (SSSR count). The molecule has 0 unspecified atom stereocenters. The van der Waals surface area contributed by atoms with Crippen LogP contribution in [0.2, 0.25) is 0 Å². The molecule has 0 saturated heterocycles. The number of esters is 2. The summed E-state index contributed by atoms with van der Waals surface area (Å²) >= 11 is 0. The van der Waals surface area contributed by atoms with Gasteiger partial charge in [-0.3, -0.25) is 4.98 Å². The zero-order valence-electron chi connectivity index (χ0n) is 13.4. The third-order valence-corrected chi connectivity index (χ3v) is 3.20. The second-order valence-electron chi connectivity index (χ2n) is 4.73. The second-order valence-corrected chi connectivity index (χ2v) is 4.73. The van der Waals surface area contributed by atoms with Gasteiger partial charge in [-0.05, 0) is 23.3 Å². The summed E-state index contributed by atoms with van der Waals surface area (Å²) in [5.74, 6) is -1.03. The van der Waals surface area contributed by atoms with Gasteiger partial charge >= 0.3 is 11.9 Å². The summed E-state index contributed by atoms with van der Waals surface area (Å²) in [6.45, 7) is 0.00193. The molecule has 24 heavy (non-hydrogen) atoms. The highest BCUT2D eigenvalue weighted by Gasteiger charge is 2.17. The van der Waals surface area contributed by atoms with E-state index >= 15 is 0 Å². The second kappa shape index (κ2) is 8.47. The third kappa shape index (κ3) is 4.19. The van der Waals surface area contributed by atoms with E-state index in [9.17, 15) is 9.59 Å². The fourth-order valence-corrected chi connectivity index (χ4v) is 2.07. The molecule has 0 atom stereocenters. The van der Waals surface area contributed by atoms with Crippen LogP contribution in [0.15, 0.2) is 55.1 Å². The fraction of sp³-hybridized carbons (Fsp3) is 0.167. The maximum atomic E-state index is 12.0. The SMILES string of the molecule is COC=C(C(=O)OC)c1ccccc1COC(=O)c1cccnc1. The number of carbonyl (C=O) groups excluding carboxylic acids is 2. The van der Waals surface area contributed by atoms with Crippen molar-refractivity contribution < 1.29 is 23.8 Å². The topological polar surface area (TPSA) is 74.7 Å². The Morgan fingerprint density at radius 1 is 1.12 bits per heavy atom. The summed E-state index contributed by atoms with van der Waals surface area (Å²) in [4.78, 5) is 27.8. The van der Waals surface area contributed by atoms with Crippen LogP contribution < -0.4 is 0 Å². The first-order valence-electron chi connectivity index (χ1n) is 7.14. The van der Waals surface area contributed by atoms with Crippen molar-refractivity contribution >= 4 is 17.5 Å². The van der Waals surface area contributed by atoms with Gasteiger partial charge in [0.2, 0.25) is 0 Å². The van der Waals surface area contributed by atoms with Gasteiger partial charge in [0.1, 0.15) is 12.2 Å². The number of nitrogens with zero attached hydrogens (tertiary/aromatic N) is 1. The number of benzene rings is 1. The number of aromatic nitrogens is 1. The smallest absolute Gasteiger partial charge is 0.341 e. The molecule has 0 aliphatic carbocycles. The predicted octanol–water partition coefficient (Wildman–Crippen LogP) is 2.60. The third-order valence-electron chi connectivity index (χ3n) is 3.20. The van der Waals surface area contributed by atoms with E-state index in [-0.39, 0.29) is 12.2 Å². The number of pyridine rings is 1. The van der Waals surface area contributed by atoms with Crippen LogP contribution in [0.3, 0.4) is 0 Å². The number of hydrogen-bond donors (Lipinski definition) is 0. The monoisotopic (exact) mass is 327 g/mol. The van der Waals surface area contributed by atoms with Crippen LogP contribution in [0.1, 0.15) is 21.5 Å². The molecule has 0 aliphatic heterocycles. The van der Waals surface area contributed by atoms with Crippen molar-refractivity contribution in [2.24, 2.45) is 0 Å². The Hall–Kier alpha value is -3.15. The maximum absolute atomic E-state index is 12.0. The van der Waals surface area contributed by atoms with Crippen LogP contribution in [0.4, 0.5) is 0 Å². The highest BCUT2D eigenvalue weighted by Crippen LogP contribution is 2.22. The lowest BCUT2D eigenvalue weighted by atomic mass is 10.0. The molecular weight excluding hydrogens is 310 g/mol. The molecule has 0 radical (unpaired) electrons. The number of rotatable bonds is 6. The maximum Gasteiger partial charge on any atom is 0.341 e. The zero-order chi connectivity index (χ0) is 17.4. The Kier molecular flexibility index (Phi) is 6.08. The van der Waals surface area contributed by atoms with Crippen LogP contribution in [-0.2, 0) is 25.6 Å². The van der Waals surface area contributed by atoms with Gasteiger partial charge in [0, 0.05) is 12.4 Å². The van der Waals surface area contributed by atoms with Crippen molar-refractivity contribution in [2.45, 2.75) is 6.61 Å². The van der Waals surface area contributed by atoms with Crippen LogP contribution in [0, 0.1) is 0 Å². The molecule has 1 aromatic carbocycles. The van der Waals surface area contributed by atoms with E-state index in [1.54, 1.807) is 42.6 Å². The van der Waals surface area contributed by atoms with Crippen molar-refractivity contribution in [3.8, 4) is 0 Å². The summed E-state index contributed by atoms with van der Waals surface area (Å²) in [6, 6.07) is 10.3. The minimum Gasteiger partial charge on any atom is -0.503 e. The van der Waals surface area contributed by atoms with Gasteiger partial charge < -0.3 is 14.2 Å². The van der Waals surface area contributed by atoms with Crippen molar-refractivity contribution in [1.82, 2.24) is 4.98 Å². The average Bonchev–Trinajstić information content (AvgIpc) is 2.64. The van der Waals surface area contributed by atoms with E-state index in [4.69, 9.17) is 14.2 Å². The van der Waals surface area contributed by atoms with Gasteiger partial charge in [0.25, 0.3) is 0 Å². The molecule has 1 heterocycles. The Labute approximate surface area is 139 Å². The first-order valence-corrected chi connectivity index (χ1v) is 7.14. The minimum absolute atomic E-state index is 0.00193. The van der Waals surface area contributed by atoms with Crippen LogP contribution >= 0.6 is 0 Å². The van der Waals surface area contributed by atoms with E-state index < -0.39 is 11.9 Å². The lowest BCUT2D eigenvalue weighted by Crippen LogP contribution is -2.10. The highest BCUT2D eigenvalue weighted by atomic mass is 16.5. The molecule has 124 valence electrons. The van der Waals surface area contributed by atoms with E-state index in [1.807, 2.05) is 0 Å². The molecule has 6 heteroatoms. The first kappa shape index (κ1) is 17.2. The van der Waals surface area contributed by atoms with Gasteiger partial charge in [0.15, 0.2) is 0 Å². The summed E-state index contributed by atoms with van der Waals surface area (Å²) < 4.78 is 15.0. The molecule has 1 aromatic heterocycles. The van der Waals surface area contributed by atoms with E-state index in [1.165, 1.54) is 26.7 Å². The summed E-state index contributed by atoms with van der Waals surface area (Å²) in [5, 5.41) is 0. The van der Waals surface area contributed by atoms with Gasteiger partial charge in [-0.1, -0.05) is 24.3 Å². The zero-order valence-corrected chi connectivity index (χ0v) is 13.4. The van der Waals surface area contributed by atoms with Crippen molar-refractivity contribution in [3.05, 3.63) is 71.7 Å². The van der Waals surface area contributed by atoms with Gasteiger partial charge in [0.05, 0.1) is 26.0 Å². The molecule has 0 bridgehead atoms. The Bertz CT molecular complexity index is 740. The largest absolute Gasteiger partial charge is 0.503 e. The van der Waals surface area contributed by atoms with Crippen molar-refractivity contribution in [1.29, 1.82) is 0 Å². The van der Waals surface area contributed by atoms with Gasteiger partial charge in [-0.2, -0.15) is 0 Å². The van der Waals surface area contributed by atoms with Crippen molar-refractivity contribution in [3.63, 3.8) is 0 Å². The Balaban J connectivity index is 2.21. The summed E-state index contributed by atoms with van der Waals surface area (Å²) in [5.41, 5.74) is 1.83.